The zero-order chi connectivity index (χ0) is 13.5. The second kappa shape index (κ2) is 7.25. The summed E-state index contributed by atoms with van der Waals surface area (Å²) in [5, 5.41) is 21.9. The SMILES string of the molecule is N#CCC[C@H](C#N)CN1CCO[C@H](c2ccsc2)C1. The maximum Gasteiger partial charge on any atom is 0.0960 e. The number of nitrogens with zero attached hydrogens (tertiary/aromatic N) is 3. The van der Waals surface area contributed by atoms with E-state index in [-0.39, 0.29) is 12.0 Å². The van der Waals surface area contributed by atoms with E-state index in [9.17, 15) is 0 Å². The molecule has 0 N–H and O–H groups in total. The molecule has 0 amide bonds. The van der Waals surface area contributed by atoms with Gasteiger partial charge in [0.25, 0.3) is 0 Å². The van der Waals surface area contributed by atoms with Gasteiger partial charge in [-0.25, -0.2) is 0 Å². The van der Waals surface area contributed by atoms with Crippen LogP contribution in [0.5, 0.6) is 0 Å². The summed E-state index contributed by atoms with van der Waals surface area (Å²) in [5.74, 6) is -0.0547. The van der Waals surface area contributed by atoms with E-state index in [1.807, 2.05) is 0 Å². The normalized spacial score (nSPS) is 21.5. The Morgan fingerprint density at radius 2 is 2.42 bits per heavy atom. The number of hydrogen-bond acceptors (Lipinski definition) is 5. The van der Waals surface area contributed by atoms with E-state index in [2.05, 4.69) is 33.9 Å². The van der Waals surface area contributed by atoms with Gasteiger partial charge < -0.3 is 4.74 Å². The van der Waals surface area contributed by atoms with Crippen LogP contribution in [-0.2, 0) is 4.74 Å². The summed E-state index contributed by atoms with van der Waals surface area (Å²) in [6, 6.07) is 6.50. The first-order valence-corrected chi connectivity index (χ1v) is 7.40. The van der Waals surface area contributed by atoms with E-state index in [1.165, 1.54) is 5.56 Å². The van der Waals surface area contributed by atoms with Crippen LogP contribution in [0, 0.1) is 28.6 Å². The molecule has 5 heteroatoms. The zero-order valence-corrected chi connectivity index (χ0v) is 11.6. The van der Waals surface area contributed by atoms with Crippen LogP contribution >= 0.6 is 11.3 Å². The van der Waals surface area contributed by atoms with Gasteiger partial charge in [-0.1, -0.05) is 0 Å². The predicted molar refractivity (Wildman–Crippen MR) is 73.4 cm³/mol. The highest BCUT2D eigenvalue weighted by molar-refractivity contribution is 7.07. The van der Waals surface area contributed by atoms with E-state index in [4.69, 9.17) is 15.3 Å². The third kappa shape index (κ3) is 4.04. The maximum atomic E-state index is 9.12. The Kier molecular flexibility index (Phi) is 5.35. The minimum Gasteiger partial charge on any atom is -0.371 e. The van der Waals surface area contributed by atoms with Gasteiger partial charge in [0, 0.05) is 26.1 Å². The van der Waals surface area contributed by atoms with Crippen molar-refractivity contribution in [3.8, 4) is 12.1 Å². The van der Waals surface area contributed by atoms with E-state index >= 15 is 0 Å². The summed E-state index contributed by atoms with van der Waals surface area (Å²) in [5.41, 5.74) is 1.22. The highest BCUT2D eigenvalue weighted by Crippen LogP contribution is 2.24. The number of rotatable bonds is 5. The lowest BCUT2D eigenvalue weighted by atomic mass is 10.0. The molecule has 0 saturated carbocycles. The third-order valence-electron chi connectivity index (χ3n) is 3.33. The van der Waals surface area contributed by atoms with Crippen molar-refractivity contribution in [2.45, 2.75) is 18.9 Å². The van der Waals surface area contributed by atoms with Gasteiger partial charge in [0.2, 0.25) is 0 Å². The van der Waals surface area contributed by atoms with E-state index in [0.717, 1.165) is 19.6 Å². The van der Waals surface area contributed by atoms with Gasteiger partial charge in [0.15, 0.2) is 0 Å². The number of ether oxygens (including phenoxy) is 1. The Balaban J connectivity index is 1.87. The molecule has 2 atom stereocenters. The fraction of sp³-hybridized carbons (Fsp3) is 0.571. The van der Waals surface area contributed by atoms with Crippen LogP contribution in [0.1, 0.15) is 24.5 Å². The minimum absolute atomic E-state index is 0.0547. The molecule has 1 aliphatic heterocycles. The van der Waals surface area contributed by atoms with E-state index in [1.54, 1.807) is 11.3 Å². The molecule has 2 rings (SSSR count). The van der Waals surface area contributed by atoms with Crippen LogP contribution in [0.25, 0.3) is 0 Å². The summed E-state index contributed by atoms with van der Waals surface area (Å²) in [6.07, 6.45) is 1.24. The summed E-state index contributed by atoms with van der Waals surface area (Å²) in [7, 11) is 0. The van der Waals surface area contributed by atoms with Crippen molar-refractivity contribution >= 4 is 11.3 Å². The molecule has 1 saturated heterocycles. The van der Waals surface area contributed by atoms with Crippen LogP contribution in [0.15, 0.2) is 16.8 Å². The first-order chi connectivity index (χ1) is 9.33. The Labute approximate surface area is 117 Å². The molecular weight excluding hydrogens is 258 g/mol. The molecule has 0 unspecified atom stereocenters. The van der Waals surface area contributed by atoms with Crippen LogP contribution < -0.4 is 0 Å². The molecule has 2 heterocycles. The van der Waals surface area contributed by atoms with Crippen molar-refractivity contribution in [1.29, 1.82) is 10.5 Å². The molecule has 19 heavy (non-hydrogen) atoms. The van der Waals surface area contributed by atoms with Crippen LogP contribution in [0.3, 0.4) is 0 Å². The van der Waals surface area contributed by atoms with Gasteiger partial charge >= 0.3 is 0 Å². The van der Waals surface area contributed by atoms with Crippen LogP contribution in [0.2, 0.25) is 0 Å². The van der Waals surface area contributed by atoms with Crippen LogP contribution in [0.4, 0.5) is 0 Å². The molecule has 0 aromatic carbocycles. The van der Waals surface area contributed by atoms with Gasteiger partial charge in [-0.2, -0.15) is 21.9 Å². The molecule has 0 bridgehead atoms. The Morgan fingerprint density at radius 3 is 3.11 bits per heavy atom. The zero-order valence-electron chi connectivity index (χ0n) is 10.8. The summed E-state index contributed by atoms with van der Waals surface area (Å²) < 4.78 is 5.78. The highest BCUT2D eigenvalue weighted by atomic mass is 32.1. The topological polar surface area (TPSA) is 60.0 Å². The van der Waals surface area contributed by atoms with Gasteiger partial charge in [-0.3, -0.25) is 4.90 Å². The fourth-order valence-corrected chi connectivity index (χ4v) is 2.98. The number of thiophene rings is 1. The molecule has 100 valence electrons. The average Bonchev–Trinajstić information content (AvgIpc) is 2.98. The van der Waals surface area contributed by atoms with Crippen molar-refractivity contribution < 1.29 is 4.74 Å². The molecule has 0 spiro atoms. The maximum absolute atomic E-state index is 9.12. The lowest BCUT2D eigenvalue weighted by Crippen LogP contribution is -2.40. The van der Waals surface area contributed by atoms with E-state index in [0.29, 0.717) is 19.4 Å². The number of hydrogen-bond donors (Lipinski definition) is 0. The average molecular weight is 275 g/mol. The van der Waals surface area contributed by atoms with Gasteiger partial charge in [0.1, 0.15) is 0 Å². The van der Waals surface area contributed by atoms with E-state index < -0.39 is 0 Å². The second-order valence-corrected chi connectivity index (χ2v) is 5.48. The quantitative estimate of drug-likeness (QED) is 0.828. The van der Waals surface area contributed by atoms with Gasteiger partial charge in [-0.15, -0.1) is 0 Å². The summed E-state index contributed by atoms with van der Waals surface area (Å²) >= 11 is 1.68. The standard InChI is InChI=1S/C14H17N3OS/c15-4-1-2-12(8-16)9-17-5-6-18-14(10-17)13-3-7-19-11-13/h3,7,11-12,14H,1-2,5-6,9-10H2/t12-,14+/m1/s1. The Hall–Kier alpha value is -1.40. The lowest BCUT2D eigenvalue weighted by molar-refractivity contribution is -0.0326. The lowest BCUT2D eigenvalue weighted by Gasteiger charge is -2.33. The molecule has 0 aliphatic carbocycles. The molecule has 4 nitrogen and oxygen atoms in total. The first kappa shape index (κ1) is 14.0. The largest absolute Gasteiger partial charge is 0.371 e. The smallest absolute Gasteiger partial charge is 0.0960 e. The second-order valence-electron chi connectivity index (χ2n) is 4.70. The fourth-order valence-electron chi connectivity index (χ4n) is 2.28. The third-order valence-corrected chi connectivity index (χ3v) is 4.03. The monoisotopic (exact) mass is 275 g/mol. The van der Waals surface area contributed by atoms with Crippen molar-refractivity contribution in [2.24, 2.45) is 5.92 Å². The van der Waals surface area contributed by atoms with Crippen molar-refractivity contribution in [1.82, 2.24) is 4.90 Å². The number of morpholine rings is 1. The van der Waals surface area contributed by atoms with Crippen molar-refractivity contribution in [3.05, 3.63) is 22.4 Å². The Bertz CT molecular complexity index is 460. The molecule has 1 aliphatic rings. The molecule has 1 aromatic heterocycles. The predicted octanol–water partition coefficient (Wildman–Crippen LogP) is 2.56. The Morgan fingerprint density at radius 1 is 1.53 bits per heavy atom. The minimum atomic E-state index is -0.0547. The van der Waals surface area contributed by atoms with Gasteiger partial charge in [-0.05, 0) is 28.8 Å². The highest BCUT2D eigenvalue weighted by Gasteiger charge is 2.24. The molecular formula is C14H17N3OS. The van der Waals surface area contributed by atoms with Crippen molar-refractivity contribution in [2.75, 3.05) is 26.2 Å². The van der Waals surface area contributed by atoms with Crippen LogP contribution in [-0.4, -0.2) is 31.1 Å². The van der Waals surface area contributed by atoms with Crippen molar-refractivity contribution in [3.63, 3.8) is 0 Å². The number of nitriles is 2. The molecule has 0 radical (unpaired) electrons. The van der Waals surface area contributed by atoms with Gasteiger partial charge in [0.05, 0.1) is 30.8 Å². The summed E-state index contributed by atoms with van der Waals surface area (Å²) in [6.45, 7) is 3.14. The molecule has 1 aromatic rings. The first-order valence-electron chi connectivity index (χ1n) is 6.46. The molecule has 1 fully saturated rings. The summed E-state index contributed by atoms with van der Waals surface area (Å²) in [4.78, 5) is 2.27.